The fourth-order valence-corrected chi connectivity index (χ4v) is 3.02. The Kier molecular flexibility index (Phi) is 6.09. The van der Waals surface area contributed by atoms with Crippen LogP contribution < -0.4 is 5.32 Å². The third kappa shape index (κ3) is 4.48. The van der Waals surface area contributed by atoms with E-state index in [2.05, 4.69) is 20.2 Å². The largest absolute Gasteiger partial charge is 0.379 e. The molecule has 0 bridgehead atoms. The molecule has 2 aromatic rings. The number of nitrogens with one attached hydrogen (secondary N) is 1. The molecule has 1 saturated heterocycles. The van der Waals surface area contributed by atoms with Crippen LogP contribution in [-0.4, -0.2) is 52.8 Å². The molecule has 24 heavy (non-hydrogen) atoms. The van der Waals surface area contributed by atoms with Crippen molar-refractivity contribution in [1.29, 1.82) is 0 Å². The number of ether oxygens (including phenoxy) is 1. The summed E-state index contributed by atoms with van der Waals surface area (Å²) in [7, 11) is 0. The number of hydrogen-bond donors (Lipinski definition) is 1. The molecule has 5 nitrogen and oxygen atoms in total. The molecule has 7 heteroatoms. The highest BCUT2D eigenvalue weighted by molar-refractivity contribution is 7.80. The van der Waals surface area contributed by atoms with E-state index in [-0.39, 0.29) is 5.92 Å². The third-order valence-electron chi connectivity index (χ3n) is 3.89. The van der Waals surface area contributed by atoms with Gasteiger partial charge in [-0.3, -0.25) is 4.90 Å². The van der Waals surface area contributed by atoms with E-state index >= 15 is 0 Å². The van der Waals surface area contributed by atoms with Gasteiger partial charge in [0.1, 0.15) is 5.82 Å². The van der Waals surface area contributed by atoms with Crippen LogP contribution in [0.3, 0.4) is 0 Å². The van der Waals surface area contributed by atoms with E-state index in [1.54, 1.807) is 18.5 Å². The number of benzene rings is 1. The molecule has 1 unspecified atom stereocenters. The van der Waals surface area contributed by atoms with E-state index in [9.17, 15) is 0 Å². The minimum absolute atomic E-state index is 0.195. The second kappa shape index (κ2) is 8.48. The summed E-state index contributed by atoms with van der Waals surface area (Å²) < 4.78 is 5.37. The highest BCUT2D eigenvalue weighted by Crippen LogP contribution is 2.24. The monoisotopic (exact) mass is 362 g/mol. The summed E-state index contributed by atoms with van der Waals surface area (Å²) in [6, 6.07) is 9.44. The Hall–Kier alpha value is -1.60. The summed E-state index contributed by atoms with van der Waals surface area (Å²) in [5.74, 6) is 0.485. The summed E-state index contributed by atoms with van der Waals surface area (Å²) in [4.78, 5) is 11.8. The molecule has 1 aromatic carbocycles. The van der Waals surface area contributed by atoms with E-state index in [4.69, 9.17) is 28.6 Å². The topological polar surface area (TPSA) is 50.3 Å². The highest BCUT2D eigenvalue weighted by Gasteiger charge is 2.22. The summed E-state index contributed by atoms with van der Waals surface area (Å²) in [5.41, 5.74) is 1.02. The van der Waals surface area contributed by atoms with Crippen LogP contribution >= 0.6 is 23.8 Å². The summed E-state index contributed by atoms with van der Waals surface area (Å²) in [5, 5.41) is 4.05. The molecule has 1 N–H and O–H groups in total. The number of halogens is 1. The van der Waals surface area contributed by atoms with Gasteiger partial charge in [0.2, 0.25) is 0 Å². The van der Waals surface area contributed by atoms with Crippen molar-refractivity contribution in [2.45, 2.75) is 5.92 Å². The van der Waals surface area contributed by atoms with Gasteiger partial charge in [-0.15, -0.1) is 0 Å². The SMILES string of the molecule is S=C(NCN1CCOCC1)C(c1ccc(Cl)cc1)c1ncccn1. The van der Waals surface area contributed by atoms with Gasteiger partial charge >= 0.3 is 0 Å². The Morgan fingerprint density at radius 2 is 1.88 bits per heavy atom. The van der Waals surface area contributed by atoms with Crippen LogP contribution in [0.5, 0.6) is 0 Å². The minimum Gasteiger partial charge on any atom is -0.379 e. The van der Waals surface area contributed by atoms with Crippen LogP contribution in [0.4, 0.5) is 0 Å². The number of nitrogens with zero attached hydrogens (tertiary/aromatic N) is 3. The number of hydrogen-bond acceptors (Lipinski definition) is 5. The van der Waals surface area contributed by atoms with Crippen molar-refractivity contribution in [2.24, 2.45) is 0 Å². The van der Waals surface area contributed by atoms with Gasteiger partial charge in [0.15, 0.2) is 0 Å². The zero-order valence-electron chi connectivity index (χ0n) is 13.2. The first-order valence-corrected chi connectivity index (χ1v) is 8.63. The van der Waals surface area contributed by atoms with Crippen LogP contribution in [-0.2, 0) is 4.74 Å². The van der Waals surface area contributed by atoms with E-state index in [0.717, 1.165) is 31.9 Å². The Morgan fingerprint density at radius 1 is 1.21 bits per heavy atom. The number of rotatable bonds is 5. The molecule has 1 aliphatic rings. The molecule has 3 rings (SSSR count). The quantitative estimate of drug-likeness (QED) is 0.825. The van der Waals surface area contributed by atoms with Crippen LogP contribution in [0, 0.1) is 0 Å². The van der Waals surface area contributed by atoms with Crippen LogP contribution in [0.1, 0.15) is 17.3 Å². The second-order valence-electron chi connectivity index (χ2n) is 5.52. The number of morpholine rings is 1. The van der Waals surface area contributed by atoms with Crippen molar-refractivity contribution in [1.82, 2.24) is 20.2 Å². The van der Waals surface area contributed by atoms with Crippen molar-refractivity contribution in [2.75, 3.05) is 33.0 Å². The lowest BCUT2D eigenvalue weighted by Crippen LogP contribution is -2.44. The summed E-state index contributed by atoms with van der Waals surface area (Å²) in [6.45, 7) is 4.03. The normalized spacial score (nSPS) is 16.5. The lowest BCUT2D eigenvalue weighted by Gasteiger charge is -2.28. The van der Waals surface area contributed by atoms with Crippen LogP contribution in [0.25, 0.3) is 0 Å². The van der Waals surface area contributed by atoms with E-state index < -0.39 is 0 Å². The average Bonchev–Trinajstić information content (AvgIpc) is 2.64. The third-order valence-corrected chi connectivity index (χ3v) is 4.52. The summed E-state index contributed by atoms with van der Waals surface area (Å²) in [6.07, 6.45) is 3.46. The van der Waals surface area contributed by atoms with Gasteiger partial charge in [0.25, 0.3) is 0 Å². The van der Waals surface area contributed by atoms with Gasteiger partial charge in [0, 0.05) is 30.5 Å². The maximum absolute atomic E-state index is 6.01. The highest BCUT2D eigenvalue weighted by atomic mass is 35.5. The molecule has 0 aliphatic carbocycles. The number of aromatic nitrogens is 2. The molecule has 1 aromatic heterocycles. The predicted octanol–water partition coefficient (Wildman–Crippen LogP) is 2.47. The predicted molar refractivity (Wildman–Crippen MR) is 98.3 cm³/mol. The van der Waals surface area contributed by atoms with Crippen molar-refractivity contribution in [3.05, 3.63) is 59.1 Å². The molecule has 0 amide bonds. The smallest absolute Gasteiger partial charge is 0.142 e. The standard InChI is InChI=1S/C17H19ClN4OS/c18-14-4-2-13(3-5-14)15(16-19-6-1-7-20-16)17(24)21-12-22-8-10-23-11-9-22/h1-7,15H,8-12H2,(H,21,24). The van der Waals surface area contributed by atoms with Gasteiger partial charge in [0.05, 0.1) is 30.8 Å². The van der Waals surface area contributed by atoms with Gasteiger partial charge < -0.3 is 10.1 Å². The molecule has 2 heterocycles. The van der Waals surface area contributed by atoms with Gasteiger partial charge in [-0.25, -0.2) is 9.97 Å². The molecule has 1 aliphatic heterocycles. The van der Waals surface area contributed by atoms with Gasteiger partial charge in [-0.1, -0.05) is 36.0 Å². The zero-order valence-corrected chi connectivity index (χ0v) is 14.8. The Labute approximate surface area is 152 Å². The second-order valence-corrected chi connectivity index (χ2v) is 6.40. The molecule has 0 saturated carbocycles. The zero-order chi connectivity index (χ0) is 16.8. The van der Waals surface area contributed by atoms with Crippen molar-refractivity contribution >= 4 is 28.8 Å². The maximum Gasteiger partial charge on any atom is 0.142 e. The van der Waals surface area contributed by atoms with Crippen molar-refractivity contribution in [3.63, 3.8) is 0 Å². The van der Waals surface area contributed by atoms with E-state index in [1.165, 1.54) is 0 Å². The molecular weight excluding hydrogens is 344 g/mol. The molecule has 1 fully saturated rings. The maximum atomic E-state index is 6.01. The molecule has 1 atom stereocenters. The summed E-state index contributed by atoms with van der Waals surface area (Å²) >= 11 is 11.7. The molecule has 0 spiro atoms. The first-order chi connectivity index (χ1) is 11.7. The fraction of sp³-hybridized carbons (Fsp3) is 0.353. The molecule has 0 radical (unpaired) electrons. The van der Waals surface area contributed by atoms with Gasteiger partial charge in [-0.05, 0) is 23.8 Å². The fourth-order valence-electron chi connectivity index (χ4n) is 2.58. The average molecular weight is 363 g/mol. The van der Waals surface area contributed by atoms with Crippen LogP contribution in [0.15, 0.2) is 42.7 Å². The minimum atomic E-state index is -0.195. The Bertz CT molecular complexity index is 662. The lowest BCUT2D eigenvalue weighted by molar-refractivity contribution is 0.0367. The van der Waals surface area contributed by atoms with Gasteiger partial charge in [-0.2, -0.15) is 0 Å². The van der Waals surface area contributed by atoms with E-state index in [0.29, 0.717) is 22.5 Å². The number of thiocarbonyl (C=S) groups is 1. The molecule has 126 valence electrons. The molecular formula is C17H19ClN4OS. The first-order valence-electron chi connectivity index (χ1n) is 7.84. The first kappa shape index (κ1) is 17.2. The Balaban J connectivity index is 1.76. The lowest BCUT2D eigenvalue weighted by atomic mass is 9.98. The van der Waals surface area contributed by atoms with Crippen LogP contribution in [0.2, 0.25) is 5.02 Å². The van der Waals surface area contributed by atoms with Crippen molar-refractivity contribution in [3.8, 4) is 0 Å². The van der Waals surface area contributed by atoms with E-state index in [1.807, 2.05) is 24.3 Å². The Morgan fingerprint density at radius 3 is 2.54 bits per heavy atom. The van der Waals surface area contributed by atoms with Crippen molar-refractivity contribution < 1.29 is 4.74 Å².